The number of H-pyrrole nitrogens is 2. The van der Waals surface area contributed by atoms with Crippen LogP contribution >= 0.6 is 0 Å². The van der Waals surface area contributed by atoms with Gasteiger partial charge in [-0.15, -0.1) is 0 Å². The molecule has 2 N–H and O–H groups in total. The van der Waals surface area contributed by atoms with Gasteiger partial charge in [0.1, 0.15) is 0 Å². The predicted octanol–water partition coefficient (Wildman–Crippen LogP) is 1.04. The Kier molecular flexibility index (Phi) is 2.25. The van der Waals surface area contributed by atoms with E-state index in [4.69, 9.17) is 0 Å². The highest BCUT2D eigenvalue weighted by molar-refractivity contribution is 5.54. The Morgan fingerprint density at radius 2 is 1.67 bits per heavy atom. The second-order valence-electron chi connectivity index (χ2n) is 3.36. The normalized spacial score (nSPS) is 10.2. The Bertz CT molecular complexity index is 596. The van der Waals surface area contributed by atoms with Crippen molar-refractivity contribution in [1.29, 1.82) is 0 Å². The van der Waals surface area contributed by atoms with Crippen molar-refractivity contribution in [1.82, 2.24) is 9.97 Å². The summed E-state index contributed by atoms with van der Waals surface area (Å²) in [6, 6.07) is 8.13. The summed E-state index contributed by atoms with van der Waals surface area (Å²) in [7, 11) is 0. The molecule has 0 aliphatic heterocycles. The van der Waals surface area contributed by atoms with E-state index in [-0.39, 0.29) is 11.1 Å². The molecule has 0 saturated carbocycles. The molecule has 0 spiro atoms. The fourth-order valence-electron chi connectivity index (χ4n) is 1.43. The maximum atomic E-state index is 11.2. The zero-order chi connectivity index (χ0) is 10.8. The molecule has 0 aliphatic carbocycles. The van der Waals surface area contributed by atoms with Crippen molar-refractivity contribution in [3.8, 4) is 11.4 Å². The average Bonchev–Trinajstić information content (AvgIpc) is 2.16. The van der Waals surface area contributed by atoms with Gasteiger partial charge in [0.25, 0.3) is 0 Å². The van der Waals surface area contributed by atoms with E-state index in [9.17, 15) is 9.59 Å². The first-order valence-corrected chi connectivity index (χ1v) is 4.56. The maximum Gasteiger partial charge on any atom is 0.248 e. The molecule has 0 fully saturated rings. The fraction of sp³-hybridized carbons (Fsp3) is 0.0909. The van der Waals surface area contributed by atoms with Gasteiger partial charge in [-0.05, 0) is 24.6 Å². The van der Waals surface area contributed by atoms with Crippen LogP contribution in [0.25, 0.3) is 11.4 Å². The molecule has 2 heterocycles. The third kappa shape index (κ3) is 2.04. The second kappa shape index (κ2) is 3.57. The molecule has 2 aromatic heterocycles. The number of pyridine rings is 2. The Balaban J connectivity index is 2.64. The van der Waals surface area contributed by atoms with Crippen LogP contribution in [-0.4, -0.2) is 9.97 Å². The van der Waals surface area contributed by atoms with Crippen LogP contribution in [0.2, 0.25) is 0 Å². The number of hydrogen-bond donors (Lipinski definition) is 2. The van der Waals surface area contributed by atoms with Gasteiger partial charge < -0.3 is 9.97 Å². The molecule has 15 heavy (non-hydrogen) atoms. The SMILES string of the molecule is Cc1cc(-c2cccc(=O)[nH]2)[nH]c(=O)c1. The van der Waals surface area contributed by atoms with E-state index in [1.807, 2.05) is 13.0 Å². The summed E-state index contributed by atoms with van der Waals surface area (Å²) in [6.07, 6.45) is 0. The first-order chi connectivity index (χ1) is 7.15. The van der Waals surface area contributed by atoms with E-state index in [2.05, 4.69) is 9.97 Å². The quantitative estimate of drug-likeness (QED) is 0.725. The van der Waals surface area contributed by atoms with Crippen molar-refractivity contribution in [3.05, 3.63) is 56.6 Å². The lowest BCUT2D eigenvalue weighted by molar-refractivity contribution is 1.16. The molecule has 0 amide bonds. The van der Waals surface area contributed by atoms with Crippen LogP contribution in [0.1, 0.15) is 5.56 Å². The number of aryl methyl sites for hydroxylation is 1. The Hall–Kier alpha value is -2.10. The highest BCUT2D eigenvalue weighted by atomic mass is 16.1. The van der Waals surface area contributed by atoms with Gasteiger partial charge in [0.15, 0.2) is 0 Å². The molecule has 0 radical (unpaired) electrons. The van der Waals surface area contributed by atoms with Gasteiger partial charge in [-0.2, -0.15) is 0 Å². The molecule has 4 heteroatoms. The fourth-order valence-corrected chi connectivity index (χ4v) is 1.43. The van der Waals surface area contributed by atoms with Gasteiger partial charge in [-0.1, -0.05) is 6.07 Å². The van der Waals surface area contributed by atoms with Crippen LogP contribution in [0, 0.1) is 6.92 Å². The maximum absolute atomic E-state index is 11.2. The number of rotatable bonds is 1. The summed E-state index contributed by atoms with van der Waals surface area (Å²) < 4.78 is 0. The predicted molar refractivity (Wildman–Crippen MR) is 57.9 cm³/mol. The summed E-state index contributed by atoms with van der Waals surface area (Å²) in [4.78, 5) is 27.6. The summed E-state index contributed by atoms with van der Waals surface area (Å²) in [5.41, 5.74) is 1.74. The van der Waals surface area contributed by atoms with Crippen LogP contribution in [0.15, 0.2) is 39.9 Å². The molecule has 4 nitrogen and oxygen atoms in total. The molecule has 76 valence electrons. The van der Waals surface area contributed by atoms with Crippen molar-refractivity contribution < 1.29 is 0 Å². The second-order valence-corrected chi connectivity index (χ2v) is 3.36. The van der Waals surface area contributed by atoms with Crippen LogP contribution in [-0.2, 0) is 0 Å². The van der Waals surface area contributed by atoms with Gasteiger partial charge in [0, 0.05) is 12.1 Å². The van der Waals surface area contributed by atoms with Crippen molar-refractivity contribution in [2.24, 2.45) is 0 Å². The molecule has 2 aromatic rings. The average molecular weight is 202 g/mol. The zero-order valence-electron chi connectivity index (χ0n) is 8.20. The van der Waals surface area contributed by atoms with E-state index in [0.29, 0.717) is 11.4 Å². The molecule has 0 aromatic carbocycles. The van der Waals surface area contributed by atoms with Gasteiger partial charge in [0.05, 0.1) is 11.4 Å². The van der Waals surface area contributed by atoms with Gasteiger partial charge >= 0.3 is 0 Å². The molecular formula is C11H10N2O2. The standard InChI is InChI=1S/C11H10N2O2/c1-7-5-9(13-11(15)6-7)8-3-2-4-10(14)12-8/h2-6H,1H3,(H,12,14)(H,13,15). The number of hydrogen-bond acceptors (Lipinski definition) is 2. The molecule has 0 aliphatic rings. The van der Waals surface area contributed by atoms with Gasteiger partial charge in [-0.3, -0.25) is 9.59 Å². The Morgan fingerprint density at radius 3 is 2.33 bits per heavy atom. The molecule has 2 rings (SSSR count). The van der Waals surface area contributed by atoms with Crippen LogP contribution in [0.3, 0.4) is 0 Å². The molecule has 0 bridgehead atoms. The third-order valence-electron chi connectivity index (χ3n) is 2.05. The van der Waals surface area contributed by atoms with Crippen molar-refractivity contribution in [2.75, 3.05) is 0 Å². The van der Waals surface area contributed by atoms with Crippen molar-refractivity contribution in [2.45, 2.75) is 6.92 Å². The molecule has 0 saturated heterocycles. The van der Waals surface area contributed by atoms with E-state index in [1.165, 1.54) is 12.1 Å². The number of aromatic amines is 2. The van der Waals surface area contributed by atoms with Gasteiger partial charge in [-0.25, -0.2) is 0 Å². The highest BCUT2D eigenvalue weighted by Gasteiger charge is 2.00. The molecule has 0 atom stereocenters. The van der Waals surface area contributed by atoms with E-state index >= 15 is 0 Å². The summed E-state index contributed by atoms with van der Waals surface area (Å²) in [5.74, 6) is 0. The van der Waals surface area contributed by atoms with Gasteiger partial charge in [0.2, 0.25) is 11.1 Å². The van der Waals surface area contributed by atoms with Crippen LogP contribution in [0.5, 0.6) is 0 Å². The van der Waals surface area contributed by atoms with Crippen molar-refractivity contribution >= 4 is 0 Å². The first kappa shape index (κ1) is 9.45. The third-order valence-corrected chi connectivity index (χ3v) is 2.05. The van der Waals surface area contributed by atoms with E-state index in [0.717, 1.165) is 5.56 Å². The van der Waals surface area contributed by atoms with E-state index < -0.39 is 0 Å². The lowest BCUT2D eigenvalue weighted by atomic mass is 10.2. The van der Waals surface area contributed by atoms with E-state index in [1.54, 1.807) is 12.1 Å². The minimum Gasteiger partial charge on any atom is -0.321 e. The monoisotopic (exact) mass is 202 g/mol. The summed E-state index contributed by atoms with van der Waals surface area (Å²) >= 11 is 0. The molecular weight excluding hydrogens is 192 g/mol. The topological polar surface area (TPSA) is 65.7 Å². The minimum absolute atomic E-state index is 0.172. The lowest BCUT2D eigenvalue weighted by Crippen LogP contribution is -2.09. The lowest BCUT2D eigenvalue weighted by Gasteiger charge is -2.01. The highest BCUT2D eigenvalue weighted by Crippen LogP contribution is 2.10. The summed E-state index contributed by atoms with van der Waals surface area (Å²) in [5, 5.41) is 0. The van der Waals surface area contributed by atoms with Crippen LogP contribution in [0.4, 0.5) is 0 Å². The Morgan fingerprint density at radius 1 is 0.933 bits per heavy atom. The molecule has 0 unspecified atom stereocenters. The number of nitrogens with one attached hydrogen (secondary N) is 2. The number of aromatic nitrogens is 2. The minimum atomic E-state index is -0.185. The zero-order valence-corrected chi connectivity index (χ0v) is 8.20. The first-order valence-electron chi connectivity index (χ1n) is 4.56. The van der Waals surface area contributed by atoms with Crippen molar-refractivity contribution in [3.63, 3.8) is 0 Å². The largest absolute Gasteiger partial charge is 0.321 e. The Labute approximate surface area is 85.6 Å². The van der Waals surface area contributed by atoms with Crippen LogP contribution < -0.4 is 11.1 Å². The summed E-state index contributed by atoms with van der Waals surface area (Å²) in [6.45, 7) is 1.83. The smallest absolute Gasteiger partial charge is 0.248 e.